The molecule has 2 aromatic rings. The molecule has 0 aliphatic carbocycles. The number of carbonyl (C=O) groups is 2. The first kappa shape index (κ1) is 24.3. The molecule has 9 heteroatoms. The Morgan fingerprint density at radius 2 is 1.94 bits per heavy atom. The summed E-state index contributed by atoms with van der Waals surface area (Å²) in [4.78, 5) is 45.5. The van der Waals surface area contributed by atoms with Crippen LogP contribution in [0, 0.1) is 5.92 Å². The summed E-state index contributed by atoms with van der Waals surface area (Å²) in [7, 11) is 1.30. The number of esters is 2. The van der Waals surface area contributed by atoms with E-state index in [1.54, 1.807) is 31.2 Å². The van der Waals surface area contributed by atoms with E-state index in [4.69, 9.17) is 9.47 Å². The van der Waals surface area contributed by atoms with Crippen molar-refractivity contribution in [2.75, 3.05) is 24.8 Å². The van der Waals surface area contributed by atoms with E-state index in [2.05, 4.69) is 35.7 Å². The molecule has 0 spiro atoms. The molecule has 174 valence electrons. The van der Waals surface area contributed by atoms with E-state index < -0.39 is 17.9 Å². The van der Waals surface area contributed by atoms with Gasteiger partial charge in [0.1, 0.15) is 12.4 Å². The van der Waals surface area contributed by atoms with Crippen LogP contribution in [0.5, 0.6) is 0 Å². The Balaban J connectivity index is 2.13. The molecule has 1 aromatic heterocycles. The first-order valence-corrected chi connectivity index (χ1v) is 11.5. The summed E-state index contributed by atoms with van der Waals surface area (Å²) in [5.74, 6) is -0.149. The fraction of sp³-hybridized carbons (Fsp3) is 0.333. The highest BCUT2D eigenvalue weighted by molar-refractivity contribution is 7.99. The standard InChI is InChI=1S/C24H27N3O5S/c1-6-11-32-23(30)17-14(4)25-20-19(21(28)27-24(26-20)33-12-13(2)3)18(17)15-7-9-16(10-8-15)22(29)31-5/h6-10,13,18H,1,11-12H2,2-5H3,(H2,25,26,27,28)/t18-/m1/s1. The molecule has 0 saturated carbocycles. The molecule has 33 heavy (non-hydrogen) atoms. The van der Waals surface area contributed by atoms with Gasteiger partial charge in [0, 0.05) is 11.4 Å². The van der Waals surface area contributed by atoms with Crippen LogP contribution in [0.25, 0.3) is 0 Å². The average molecular weight is 470 g/mol. The number of aromatic nitrogens is 2. The maximum Gasteiger partial charge on any atom is 0.337 e. The molecule has 0 bridgehead atoms. The third-order valence-electron chi connectivity index (χ3n) is 4.99. The summed E-state index contributed by atoms with van der Waals surface area (Å²) in [6, 6.07) is 6.58. The van der Waals surface area contributed by atoms with Gasteiger partial charge in [0.25, 0.3) is 5.56 Å². The molecule has 0 amide bonds. The lowest BCUT2D eigenvalue weighted by molar-refractivity contribution is -0.138. The fourth-order valence-electron chi connectivity index (χ4n) is 3.49. The maximum absolute atomic E-state index is 13.2. The van der Waals surface area contributed by atoms with E-state index in [1.165, 1.54) is 24.9 Å². The lowest BCUT2D eigenvalue weighted by Crippen LogP contribution is -2.31. The van der Waals surface area contributed by atoms with E-state index in [-0.39, 0.29) is 12.2 Å². The smallest absolute Gasteiger partial charge is 0.337 e. The highest BCUT2D eigenvalue weighted by Crippen LogP contribution is 2.40. The Morgan fingerprint density at radius 3 is 2.55 bits per heavy atom. The highest BCUT2D eigenvalue weighted by Gasteiger charge is 2.36. The van der Waals surface area contributed by atoms with Crippen LogP contribution in [0.2, 0.25) is 0 Å². The molecule has 0 fully saturated rings. The van der Waals surface area contributed by atoms with Gasteiger partial charge in [-0.1, -0.05) is 50.4 Å². The quantitative estimate of drug-likeness (QED) is 0.260. The summed E-state index contributed by atoms with van der Waals surface area (Å²) in [5, 5.41) is 3.61. The van der Waals surface area contributed by atoms with Crippen molar-refractivity contribution in [3.63, 3.8) is 0 Å². The third-order valence-corrected chi connectivity index (χ3v) is 6.29. The van der Waals surface area contributed by atoms with Crippen molar-refractivity contribution in [3.05, 3.63) is 75.2 Å². The number of hydrogen-bond acceptors (Lipinski definition) is 8. The number of fused-ring (bicyclic) bond motifs is 1. The van der Waals surface area contributed by atoms with E-state index >= 15 is 0 Å². The van der Waals surface area contributed by atoms with Gasteiger partial charge in [-0.2, -0.15) is 0 Å². The monoisotopic (exact) mass is 469 g/mol. The number of anilines is 1. The Morgan fingerprint density at radius 1 is 1.24 bits per heavy atom. The Hall–Kier alpha value is -3.33. The number of allylic oxidation sites excluding steroid dienone is 1. The van der Waals surface area contributed by atoms with Crippen molar-refractivity contribution in [2.45, 2.75) is 31.8 Å². The Bertz CT molecular complexity index is 1150. The van der Waals surface area contributed by atoms with Crippen molar-refractivity contribution in [3.8, 4) is 0 Å². The molecule has 0 unspecified atom stereocenters. The number of nitrogens with one attached hydrogen (secondary N) is 2. The van der Waals surface area contributed by atoms with Crippen LogP contribution in [0.1, 0.15) is 48.2 Å². The number of aromatic amines is 1. The molecule has 0 radical (unpaired) electrons. The SMILES string of the molecule is C=CCOC(=O)C1=C(C)Nc2nc(SCC(C)C)[nH]c(=O)c2[C@@H]1c1ccc(C(=O)OC)cc1. The van der Waals surface area contributed by atoms with Crippen molar-refractivity contribution >= 4 is 29.5 Å². The summed E-state index contributed by atoms with van der Waals surface area (Å²) < 4.78 is 10.1. The number of nitrogens with zero attached hydrogens (tertiary/aromatic N) is 1. The second-order valence-corrected chi connectivity index (χ2v) is 8.94. The number of thioether (sulfide) groups is 1. The van der Waals surface area contributed by atoms with E-state index in [0.717, 1.165) is 5.75 Å². The van der Waals surface area contributed by atoms with Gasteiger partial charge < -0.3 is 19.8 Å². The molecule has 2 N–H and O–H groups in total. The van der Waals surface area contributed by atoms with Gasteiger partial charge in [0.2, 0.25) is 0 Å². The molecule has 1 atom stereocenters. The Labute approximate surface area is 196 Å². The number of carbonyl (C=O) groups excluding carboxylic acids is 2. The molecule has 1 aliphatic heterocycles. The van der Waals surface area contributed by atoms with Crippen molar-refractivity contribution < 1.29 is 19.1 Å². The van der Waals surface area contributed by atoms with E-state index in [0.29, 0.717) is 44.9 Å². The van der Waals surface area contributed by atoms with Crippen LogP contribution in [0.4, 0.5) is 5.82 Å². The molecule has 8 nitrogen and oxygen atoms in total. The van der Waals surface area contributed by atoms with E-state index in [9.17, 15) is 14.4 Å². The van der Waals surface area contributed by atoms with Crippen molar-refractivity contribution in [1.82, 2.24) is 9.97 Å². The van der Waals surface area contributed by atoms with Crippen LogP contribution in [0.3, 0.4) is 0 Å². The molecule has 0 saturated heterocycles. The van der Waals surface area contributed by atoms with Crippen molar-refractivity contribution in [2.24, 2.45) is 5.92 Å². The second-order valence-electron chi connectivity index (χ2n) is 7.94. The minimum atomic E-state index is -0.731. The molecular formula is C24H27N3O5S. The molecule has 3 rings (SSSR count). The van der Waals surface area contributed by atoms with Gasteiger partial charge in [-0.05, 0) is 30.5 Å². The first-order valence-electron chi connectivity index (χ1n) is 10.5. The lowest BCUT2D eigenvalue weighted by Gasteiger charge is -2.29. The highest BCUT2D eigenvalue weighted by atomic mass is 32.2. The third kappa shape index (κ3) is 5.36. The first-order chi connectivity index (χ1) is 15.8. The maximum atomic E-state index is 13.2. The summed E-state index contributed by atoms with van der Waals surface area (Å²) in [5.41, 5.74) is 1.80. The van der Waals surface area contributed by atoms with Crippen LogP contribution < -0.4 is 10.9 Å². The zero-order valence-corrected chi connectivity index (χ0v) is 19.9. The van der Waals surface area contributed by atoms with Crippen LogP contribution in [-0.4, -0.2) is 41.4 Å². The van der Waals surface area contributed by atoms with Gasteiger partial charge >= 0.3 is 11.9 Å². The lowest BCUT2D eigenvalue weighted by atomic mass is 9.82. The topological polar surface area (TPSA) is 110 Å². The van der Waals surface area contributed by atoms with Crippen LogP contribution in [0.15, 0.2) is 58.1 Å². The van der Waals surface area contributed by atoms with Crippen LogP contribution in [-0.2, 0) is 14.3 Å². The van der Waals surface area contributed by atoms with Crippen LogP contribution >= 0.6 is 11.8 Å². The largest absolute Gasteiger partial charge is 0.465 e. The number of hydrogen-bond donors (Lipinski definition) is 2. The predicted octanol–water partition coefficient (Wildman–Crippen LogP) is 3.87. The Kier molecular flexibility index (Phi) is 7.75. The van der Waals surface area contributed by atoms with Gasteiger partial charge in [-0.25, -0.2) is 14.6 Å². The second kappa shape index (κ2) is 10.5. The molecule has 1 aromatic carbocycles. The van der Waals surface area contributed by atoms with Crippen molar-refractivity contribution in [1.29, 1.82) is 0 Å². The molecule has 1 aliphatic rings. The fourth-order valence-corrected chi connectivity index (χ4v) is 4.30. The normalized spacial score (nSPS) is 15.0. The minimum Gasteiger partial charge on any atom is -0.465 e. The minimum absolute atomic E-state index is 0.0376. The summed E-state index contributed by atoms with van der Waals surface area (Å²) in [6.07, 6.45) is 1.48. The van der Waals surface area contributed by atoms with Gasteiger partial charge in [0.15, 0.2) is 5.16 Å². The number of H-pyrrole nitrogens is 1. The predicted molar refractivity (Wildman–Crippen MR) is 128 cm³/mol. The number of benzene rings is 1. The average Bonchev–Trinajstić information content (AvgIpc) is 2.79. The summed E-state index contributed by atoms with van der Waals surface area (Å²) in [6.45, 7) is 9.53. The number of ether oxygens (including phenoxy) is 2. The number of rotatable bonds is 8. The van der Waals surface area contributed by atoms with Gasteiger partial charge in [0.05, 0.1) is 29.7 Å². The zero-order chi connectivity index (χ0) is 24.1. The summed E-state index contributed by atoms with van der Waals surface area (Å²) >= 11 is 1.46. The molecular weight excluding hydrogens is 442 g/mol. The van der Waals surface area contributed by atoms with E-state index in [1.807, 2.05) is 0 Å². The van der Waals surface area contributed by atoms with Gasteiger partial charge in [-0.3, -0.25) is 4.79 Å². The zero-order valence-electron chi connectivity index (χ0n) is 19.1. The van der Waals surface area contributed by atoms with Gasteiger partial charge in [-0.15, -0.1) is 0 Å². The molecule has 2 heterocycles. The number of methoxy groups -OCH3 is 1.